The highest BCUT2D eigenvalue weighted by molar-refractivity contribution is 7.98. The first-order chi connectivity index (χ1) is 13.0. The number of hydrogen-bond acceptors (Lipinski definition) is 4. The lowest BCUT2D eigenvalue weighted by Gasteiger charge is -2.26. The molecule has 0 saturated heterocycles. The second-order valence-electron chi connectivity index (χ2n) is 5.85. The minimum Gasteiger partial charge on any atom is -0.340 e. The number of rotatable bonds is 9. The van der Waals surface area contributed by atoms with E-state index < -0.39 is 6.04 Å². The Morgan fingerprint density at radius 3 is 2.56 bits per heavy atom. The fraction of sp³-hybridized carbons (Fsp3) is 0.368. The van der Waals surface area contributed by atoms with E-state index in [0.717, 1.165) is 10.6 Å². The molecule has 146 valence electrons. The maximum atomic E-state index is 13.1. The Morgan fingerprint density at radius 2 is 1.96 bits per heavy atom. The molecule has 0 fully saturated rings. The van der Waals surface area contributed by atoms with E-state index in [-0.39, 0.29) is 11.8 Å². The van der Waals surface area contributed by atoms with Crippen molar-refractivity contribution in [2.75, 3.05) is 18.6 Å². The average Bonchev–Trinajstić information content (AvgIpc) is 3.07. The number of hydrogen-bond donors (Lipinski definition) is 1. The molecule has 1 unspecified atom stereocenters. The van der Waals surface area contributed by atoms with Crippen LogP contribution in [-0.2, 0) is 11.3 Å². The lowest BCUT2D eigenvalue weighted by Crippen LogP contribution is -2.48. The van der Waals surface area contributed by atoms with Crippen LogP contribution in [0.3, 0.4) is 0 Å². The number of nitrogens with one attached hydrogen (secondary N) is 1. The highest BCUT2D eigenvalue weighted by Crippen LogP contribution is 2.23. The molecule has 2 rings (SSSR count). The largest absolute Gasteiger partial charge is 0.340 e. The highest BCUT2D eigenvalue weighted by Gasteiger charge is 2.26. The third kappa shape index (κ3) is 6.42. The molecule has 8 heteroatoms. The molecule has 1 heterocycles. The van der Waals surface area contributed by atoms with Gasteiger partial charge in [-0.05, 0) is 49.6 Å². The minimum atomic E-state index is -0.600. The van der Waals surface area contributed by atoms with Crippen LogP contribution in [0.5, 0.6) is 0 Å². The Morgan fingerprint density at radius 1 is 1.22 bits per heavy atom. The van der Waals surface area contributed by atoms with Gasteiger partial charge in [-0.2, -0.15) is 11.8 Å². The molecule has 0 aliphatic heterocycles. The number of thioether (sulfide) groups is 1. The summed E-state index contributed by atoms with van der Waals surface area (Å²) in [5, 5.41) is 3.23. The molecule has 1 aromatic carbocycles. The molecule has 1 aromatic heterocycles. The molecule has 0 saturated carbocycles. The van der Waals surface area contributed by atoms with Crippen LogP contribution in [0.2, 0.25) is 9.36 Å². The van der Waals surface area contributed by atoms with Gasteiger partial charge in [0.2, 0.25) is 5.91 Å². The van der Waals surface area contributed by atoms with E-state index in [1.807, 2.05) is 25.3 Å². The van der Waals surface area contributed by atoms with E-state index in [1.165, 1.54) is 11.3 Å². The van der Waals surface area contributed by atoms with Crippen molar-refractivity contribution < 1.29 is 9.59 Å². The average molecular weight is 445 g/mol. The molecule has 4 nitrogen and oxygen atoms in total. The first-order valence-corrected chi connectivity index (χ1v) is 11.5. The predicted octanol–water partition coefficient (Wildman–Crippen LogP) is 4.96. The smallest absolute Gasteiger partial charge is 0.253 e. The number of carbonyl (C=O) groups excluding carboxylic acids is 2. The number of likely N-dealkylation sites (N-methyl/N-ethyl adjacent to an activating group) is 1. The lowest BCUT2D eigenvalue weighted by molar-refractivity contribution is -0.133. The standard InChI is InChI=1S/C19H22Cl2N2O2S2/c1-3-23(12-13-8-9-17(21)27-13)19(25)16(10-11-26-2)22-18(24)14-6-4-5-7-15(14)20/h4-9,16H,3,10-12H2,1-2H3,(H,22,24). The van der Waals surface area contributed by atoms with Crippen LogP contribution >= 0.6 is 46.3 Å². The van der Waals surface area contributed by atoms with Gasteiger partial charge in [-0.3, -0.25) is 9.59 Å². The monoisotopic (exact) mass is 444 g/mol. The van der Waals surface area contributed by atoms with Crippen LogP contribution in [0.4, 0.5) is 0 Å². The number of halogens is 2. The van der Waals surface area contributed by atoms with Crippen molar-refractivity contribution in [3.63, 3.8) is 0 Å². The summed E-state index contributed by atoms with van der Waals surface area (Å²) >= 11 is 15.2. The lowest BCUT2D eigenvalue weighted by atomic mass is 10.1. The van der Waals surface area contributed by atoms with Gasteiger partial charge in [0.1, 0.15) is 6.04 Å². The normalized spacial score (nSPS) is 11.9. The summed E-state index contributed by atoms with van der Waals surface area (Å²) in [6.07, 6.45) is 2.53. The third-order valence-electron chi connectivity index (χ3n) is 4.00. The van der Waals surface area contributed by atoms with Crippen molar-refractivity contribution in [3.8, 4) is 0 Å². The Labute approximate surface area is 178 Å². The van der Waals surface area contributed by atoms with Gasteiger partial charge in [-0.25, -0.2) is 0 Å². The van der Waals surface area contributed by atoms with Gasteiger partial charge in [-0.15, -0.1) is 11.3 Å². The molecular formula is C19H22Cl2N2O2S2. The van der Waals surface area contributed by atoms with Crippen LogP contribution in [0, 0.1) is 0 Å². The fourth-order valence-corrected chi connectivity index (χ4v) is 4.36. The maximum absolute atomic E-state index is 13.1. The van der Waals surface area contributed by atoms with Crippen LogP contribution in [0.1, 0.15) is 28.6 Å². The summed E-state index contributed by atoms with van der Waals surface area (Å²) in [6, 6.07) is 9.97. The van der Waals surface area contributed by atoms with Gasteiger partial charge in [0.15, 0.2) is 0 Å². The van der Waals surface area contributed by atoms with Crippen molar-refractivity contribution in [1.29, 1.82) is 0 Å². The molecule has 0 aliphatic rings. The topological polar surface area (TPSA) is 49.4 Å². The Hall–Kier alpha value is -1.21. The molecule has 2 aromatic rings. The van der Waals surface area contributed by atoms with Gasteiger partial charge in [0, 0.05) is 11.4 Å². The van der Waals surface area contributed by atoms with Gasteiger partial charge >= 0.3 is 0 Å². The van der Waals surface area contributed by atoms with Crippen LogP contribution in [0.25, 0.3) is 0 Å². The zero-order valence-corrected chi connectivity index (χ0v) is 18.4. The summed E-state index contributed by atoms with van der Waals surface area (Å²) in [7, 11) is 0. The summed E-state index contributed by atoms with van der Waals surface area (Å²) < 4.78 is 0.694. The summed E-state index contributed by atoms with van der Waals surface area (Å²) in [6.45, 7) is 2.95. The van der Waals surface area contributed by atoms with Gasteiger partial charge in [0.05, 0.1) is 21.5 Å². The van der Waals surface area contributed by atoms with E-state index in [0.29, 0.717) is 34.4 Å². The quantitative estimate of drug-likeness (QED) is 0.594. The number of amides is 2. The number of benzene rings is 1. The van der Waals surface area contributed by atoms with Crippen molar-refractivity contribution in [3.05, 3.63) is 56.2 Å². The van der Waals surface area contributed by atoms with E-state index in [4.69, 9.17) is 23.2 Å². The zero-order valence-electron chi connectivity index (χ0n) is 15.2. The second kappa shape index (κ2) is 11.0. The van der Waals surface area contributed by atoms with Crippen molar-refractivity contribution in [1.82, 2.24) is 10.2 Å². The van der Waals surface area contributed by atoms with Gasteiger partial charge in [-0.1, -0.05) is 35.3 Å². The Balaban J connectivity index is 2.13. The summed E-state index contributed by atoms with van der Waals surface area (Å²) in [5.41, 5.74) is 0.370. The van der Waals surface area contributed by atoms with E-state index >= 15 is 0 Å². The molecule has 0 radical (unpaired) electrons. The second-order valence-corrected chi connectivity index (χ2v) is 9.04. The molecule has 1 atom stereocenters. The Kier molecular flexibility index (Phi) is 8.96. The van der Waals surface area contributed by atoms with E-state index in [1.54, 1.807) is 40.9 Å². The van der Waals surface area contributed by atoms with E-state index in [2.05, 4.69) is 5.32 Å². The molecule has 0 aliphatic carbocycles. The number of thiophene rings is 1. The predicted molar refractivity (Wildman–Crippen MR) is 116 cm³/mol. The molecular weight excluding hydrogens is 423 g/mol. The van der Waals surface area contributed by atoms with Crippen molar-refractivity contribution in [2.45, 2.75) is 25.9 Å². The first-order valence-electron chi connectivity index (χ1n) is 8.53. The fourth-order valence-electron chi connectivity index (χ4n) is 2.57. The SMILES string of the molecule is CCN(Cc1ccc(Cl)s1)C(=O)C(CCSC)NC(=O)c1ccccc1Cl. The molecule has 0 bridgehead atoms. The van der Waals surface area contributed by atoms with Crippen LogP contribution in [0.15, 0.2) is 36.4 Å². The number of nitrogens with zero attached hydrogens (tertiary/aromatic N) is 1. The third-order valence-corrected chi connectivity index (χ3v) is 6.19. The number of carbonyl (C=O) groups is 2. The van der Waals surface area contributed by atoms with Crippen LogP contribution < -0.4 is 5.32 Å². The molecule has 27 heavy (non-hydrogen) atoms. The zero-order chi connectivity index (χ0) is 19.8. The first kappa shape index (κ1) is 22.1. The van der Waals surface area contributed by atoms with Gasteiger partial charge < -0.3 is 10.2 Å². The van der Waals surface area contributed by atoms with Crippen molar-refractivity contribution >= 4 is 58.1 Å². The minimum absolute atomic E-state index is 0.100. The van der Waals surface area contributed by atoms with Gasteiger partial charge in [0.25, 0.3) is 5.91 Å². The van der Waals surface area contributed by atoms with Crippen LogP contribution in [-0.4, -0.2) is 41.3 Å². The Bertz CT molecular complexity index is 783. The van der Waals surface area contributed by atoms with E-state index in [9.17, 15) is 9.59 Å². The van der Waals surface area contributed by atoms with Crippen molar-refractivity contribution in [2.24, 2.45) is 0 Å². The highest BCUT2D eigenvalue weighted by atomic mass is 35.5. The molecule has 0 spiro atoms. The molecule has 1 N–H and O–H groups in total. The summed E-state index contributed by atoms with van der Waals surface area (Å²) in [5.74, 6) is 0.327. The maximum Gasteiger partial charge on any atom is 0.253 e. The summed E-state index contributed by atoms with van der Waals surface area (Å²) in [4.78, 5) is 28.5. The molecule has 2 amide bonds.